The number of fused-ring (bicyclic) bond motifs is 1. The van der Waals surface area contributed by atoms with E-state index in [2.05, 4.69) is 9.05 Å². The molecule has 0 N–H and O–H groups in total. The van der Waals surface area contributed by atoms with Crippen LogP contribution in [0.5, 0.6) is 5.75 Å². The quantitative estimate of drug-likeness (QED) is 0.575. The highest BCUT2D eigenvalue weighted by Gasteiger charge is 2.23. The molecule has 0 aliphatic carbocycles. The minimum atomic E-state index is -3.37. The van der Waals surface area contributed by atoms with Crippen LogP contribution in [0.25, 0.3) is 10.8 Å². The summed E-state index contributed by atoms with van der Waals surface area (Å²) in [4.78, 5) is 11.7. The molecule has 22 heavy (non-hydrogen) atoms. The van der Waals surface area contributed by atoms with Crippen molar-refractivity contribution in [3.8, 4) is 5.75 Å². The summed E-state index contributed by atoms with van der Waals surface area (Å²) in [6.07, 6.45) is -0.447. The topological polar surface area (TPSA) is 71.1 Å². The Morgan fingerprint density at radius 2 is 1.73 bits per heavy atom. The summed E-state index contributed by atoms with van der Waals surface area (Å²) in [6.45, 7) is -0.290. The second-order valence-electron chi connectivity index (χ2n) is 4.39. The Bertz CT molecular complexity index is 686. The van der Waals surface area contributed by atoms with Crippen LogP contribution < -0.4 is 4.74 Å². The maximum absolute atomic E-state index is 11.7. The molecule has 6 nitrogen and oxygen atoms in total. The average molecular weight is 324 g/mol. The molecule has 2 rings (SSSR count). The summed E-state index contributed by atoms with van der Waals surface area (Å²) < 4.78 is 31.4. The fourth-order valence-electron chi connectivity index (χ4n) is 1.83. The first-order valence-corrected chi connectivity index (χ1v) is 8.27. The van der Waals surface area contributed by atoms with Crippen LogP contribution in [0.1, 0.15) is 0 Å². The van der Waals surface area contributed by atoms with Gasteiger partial charge in [0.25, 0.3) is 0 Å². The summed E-state index contributed by atoms with van der Waals surface area (Å²) in [5, 5.41) is 1.91. The molecule has 0 heterocycles. The first-order valence-electron chi connectivity index (χ1n) is 6.55. The molecule has 0 amide bonds. The fraction of sp³-hybridized carbons (Fsp3) is 0.267. The highest BCUT2D eigenvalue weighted by molar-refractivity contribution is 7.53. The van der Waals surface area contributed by atoms with Crippen LogP contribution in [0.3, 0.4) is 0 Å². The minimum Gasteiger partial charge on any atom is -0.481 e. The van der Waals surface area contributed by atoms with Crippen LogP contribution in [0.4, 0.5) is 0 Å². The van der Waals surface area contributed by atoms with E-state index >= 15 is 0 Å². The zero-order chi connectivity index (χ0) is 16.0. The summed E-state index contributed by atoms with van der Waals surface area (Å²) in [7, 11) is -0.915. The third kappa shape index (κ3) is 4.07. The van der Waals surface area contributed by atoms with Crippen LogP contribution in [-0.4, -0.2) is 33.1 Å². The molecular weight excluding hydrogens is 307 g/mol. The molecule has 2 aromatic carbocycles. The van der Waals surface area contributed by atoms with Gasteiger partial charge in [-0.3, -0.25) is 4.57 Å². The SMILES string of the molecule is COP(=O)(COC(=O)COc1cccc2ccccc12)OC. The minimum absolute atomic E-state index is 0.290. The first-order chi connectivity index (χ1) is 10.6. The van der Waals surface area contributed by atoms with Gasteiger partial charge in [0.15, 0.2) is 13.0 Å². The average Bonchev–Trinajstić information content (AvgIpc) is 2.57. The van der Waals surface area contributed by atoms with Crippen molar-refractivity contribution in [1.29, 1.82) is 0 Å². The third-order valence-corrected chi connectivity index (χ3v) is 4.59. The molecule has 0 radical (unpaired) electrons. The molecule has 0 unspecified atom stereocenters. The molecule has 0 aliphatic rings. The van der Waals surface area contributed by atoms with E-state index in [1.54, 1.807) is 6.07 Å². The fourth-order valence-corrected chi connectivity index (χ4v) is 2.49. The summed E-state index contributed by atoms with van der Waals surface area (Å²) in [6, 6.07) is 13.2. The zero-order valence-electron chi connectivity index (χ0n) is 12.4. The maximum atomic E-state index is 11.7. The lowest BCUT2D eigenvalue weighted by Gasteiger charge is -2.14. The van der Waals surface area contributed by atoms with Gasteiger partial charge < -0.3 is 18.5 Å². The lowest BCUT2D eigenvalue weighted by atomic mass is 10.1. The Balaban J connectivity index is 1.95. The highest BCUT2D eigenvalue weighted by atomic mass is 31.2. The third-order valence-electron chi connectivity index (χ3n) is 3.04. The van der Waals surface area contributed by atoms with Crippen molar-refractivity contribution >= 4 is 24.3 Å². The Labute approximate surface area is 128 Å². The first kappa shape index (κ1) is 16.5. The molecule has 0 aromatic heterocycles. The summed E-state index contributed by atoms with van der Waals surface area (Å²) >= 11 is 0. The molecule has 0 saturated heterocycles. The number of hydrogen-bond donors (Lipinski definition) is 0. The van der Waals surface area contributed by atoms with Gasteiger partial charge in [-0.05, 0) is 11.5 Å². The number of benzene rings is 2. The van der Waals surface area contributed by atoms with Gasteiger partial charge in [0, 0.05) is 19.6 Å². The second-order valence-corrected chi connectivity index (χ2v) is 6.60. The van der Waals surface area contributed by atoms with Crippen molar-refractivity contribution in [2.24, 2.45) is 0 Å². The van der Waals surface area contributed by atoms with Crippen LogP contribution in [0.15, 0.2) is 42.5 Å². The number of ether oxygens (including phenoxy) is 2. The Hall–Kier alpha value is -1.88. The van der Waals surface area contributed by atoms with E-state index in [9.17, 15) is 9.36 Å². The van der Waals surface area contributed by atoms with Gasteiger partial charge in [-0.1, -0.05) is 36.4 Å². The van der Waals surface area contributed by atoms with Crippen LogP contribution in [0, 0.1) is 0 Å². The smallest absolute Gasteiger partial charge is 0.367 e. The van der Waals surface area contributed by atoms with Gasteiger partial charge >= 0.3 is 13.6 Å². The van der Waals surface area contributed by atoms with E-state index in [-0.39, 0.29) is 6.61 Å². The molecule has 2 aromatic rings. The van der Waals surface area contributed by atoms with E-state index in [0.717, 1.165) is 10.8 Å². The predicted octanol–water partition coefficient (Wildman–Crippen LogP) is 3.21. The van der Waals surface area contributed by atoms with E-state index in [0.29, 0.717) is 5.75 Å². The summed E-state index contributed by atoms with van der Waals surface area (Å²) in [5.74, 6) is -0.0704. The maximum Gasteiger partial charge on any atom is 0.367 e. The van der Waals surface area contributed by atoms with Crippen LogP contribution >= 0.6 is 7.60 Å². The van der Waals surface area contributed by atoms with E-state index in [1.165, 1.54) is 14.2 Å². The van der Waals surface area contributed by atoms with Crippen molar-refractivity contribution < 1.29 is 27.9 Å². The Morgan fingerprint density at radius 3 is 2.45 bits per heavy atom. The summed E-state index contributed by atoms with van der Waals surface area (Å²) in [5.41, 5.74) is 0. The molecule has 0 spiro atoms. The largest absolute Gasteiger partial charge is 0.481 e. The lowest BCUT2D eigenvalue weighted by Crippen LogP contribution is -2.16. The Morgan fingerprint density at radius 1 is 1.05 bits per heavy atom. The molecular formula is C15H17O6P. The molecule has 118 valence electrons. The van der Waals surface area contributed by atoms with Gasteiger partial charge in [-0.15, -0.1) is 0 Å². The molecule has 0 bridgehead atoms. The monoisotopic (exact) mass is 324 g/mol. The normalized spacial score (nSPS) is 11.4. The van der Waals surface area contributed by atoms with Crippen molar-refractivity contribution in [3.63, 3.8) is 0 Å². The van der Waals surface area contributed by atoms with Gasteiger partial charge in [0.05, 0.1) is 0 Å². The van der Waals surface area contributed by atoms with Crippen molar-refractivity contribution in [1.82, 2.24) is 0 Å². The Kier molecular flexibility index (Phi) is 5.55. The van der Waals surface area contributed by atoms with Crippen molar-refractivity contribution in [3.05, 3.63) is 42.5 Å². The molecule has 0 fully saturated rings. The van der Waals surface area contributed by atoms with Gasteiger partial charge in [0.1, 0.15) is 5.75 Å². The van der Waals surface area contributed by atoms with Crippen LogP contribution in [0.2, 0.25) is 0 Å². The number of carbonyl (C=O) groups excluding carboxylic acids is 1. The number of hydrogen-bond acceptors (Lipinski definition) is 6. The number of carbonyl (C=O) groups is 1. The zero-order valence-corrected chi connectivity index (χ0v) is 13.2. The molecule has 7 heteroatoms. The second kappa shape index (κ2) is 7.40. The number of rotatable bonds is 7. The van der Waals surface area contributed by atoms with Crippen LogP contribution in [-0.2, 0) is 23.1 Å². The standard InChI is InChI=1S/C15H17O6P/c1-18-22(17,19-2)11-21-15(16)10-20-14-9-5-7-12-6-3-4-8-13(12)14/h3-9H,10-11H2,1-2H3. The predicted molar refractivity (Wildman–Crippen MR) is 82.0 cm³/mol. The van der Waals surface area contributed by atoms with Gasteiger partial charge in [0.2, 0.25) is 0 Å². The van der Waals surface area contributed by atoms with Crippen molar-refractivity contribution in [2.75, 3.05) is 27.2 Å². The van der Waals surface area contributed by atoms with Gasteiger partial charge in [-0.2, -0.15) is 0 Å². The van der Waals surface area contributed by atoms with E-state index < -0.39 is 19.9 Å². The van der Waals surface area contributed by atoms with Crippen molar-refractivity contribution in [2.45, 2.75) is 0 Å². The van der Waals surface area contributed by atoms with E-state index in [1.807, 2.05) is 36.4 Å². The molecule has 0 saturated carbocycles. The number of esters is 1. The highest BCUT2D eigenvalue weighted by Crippen LogP contribution is 2.46. The molecule has 0 aliphatic heterocycles. The van der Waals surface area contributed by atoms with E-state index in [4.69, 9.17) is 9.47 Å². The lowest BCUT2D eigenvalue weighted by molar-refractivity contribution is -0.144. The van der Waals surface area contributed by atoms with Gasteiger partial charge in [-0.25, -0.2) is 4.79 Å². The molecule has 0 atom stereocenters.